The maximum Gasteiger partial charge on any atom is 0.347 e. The average Bonchev–Trinajstić information content (AvgIpc) is 2.56. The van der Waals surface area contributed by atoms with Crippen LogP contribution in [0.2, 0.25) is 0 Å². The molecule has 1 N–H and O–H groups in total. The van der Waals surface area contributed by atoms with E-state index in [-0.39, 0.29) is 16.5 Å². The summed E-state index contributed by atoms with van der Waals surface area (Å²) in [6.45, 7) is 0. The molecule has 1 aliphatic rings. The molecule has 0 radical (unpaired) electrons. The first-order valence-electron chi connectivity index (χ1n) is 4.20. The summed E-state index contributed by atoms with van der Waals surface area (Å²) < 4.78 is 0. The Morgan fingerprint density at radius 2 is 2.00 bits per heavy atom. The highest BCUT2D eigenvalue weighted by Gasteiger charge is 2.23. The molecule has 0 aromatic carbocycles. The van der Waals surface area contributed by atoms with Gasteiger partial charge in [-0.3, -0.25) is 0 Å². The minimum absolute atomic E-state index is 0.0902. The maximum absolute atomic E-state index is 10.6. The summed E-state index contributed by atoms with van der Waals surface area (Å²) in [5.41, 5.74) is -0.298. The molecule has 0 unspecified atom stereocenters. The van der Waals surface area contributed by atoms with Crippen molar-refractivity contribution in [1.29, 1.82) is 5.26 Å². The second kappa shape index (κ2) is 4.29. The lowest BCUT2D eigenvalue weighted by Crippen LogP contribution is -2.05. The van der Waals surface area contributed by atoms with Crippen molar-refractivity contribution in [1.82, 2.24) is 0 Å². The highest BCUT2D eigenvalue weighted by atomic mass is 35.5. The summed E-state index contributed by atoms with van der Waals surface area (Å²) in [6, 6.07) is 1.63. The van der Waals surface area contributed by atoms with Gasteiger partial charge >= 0.3 is 5.97 Å². The number of carboxylic acids is 1. The predicted molar refractivity (Wildman–Crippen MR) is 48.1 cm³/mol. The Labute approximate surface area is 81.6 Å². The SMILES string of the molecule is N#CC(C(=O)O)=C(Cl)C1CCCC1. The Hall–Kier alpha value is -1.01. The fourth-order valence-electron chi connectivity index (χ4n) is 1.59. The summed E-state index contributed by atoms with van der Waals surface area (Å²) >= 11 is 5.82. The van der Waals surface area contributed by atoms with Gasteiger partial charge in [-0.15, -0.1) is 0 Å². The van der Waals surface area contributed by atoms with E-state index in [2.05, 4.69) is 0 Å². The molecule has 1 aliphatic carbocycles. The van der Waals surface area contributed by atoms with Gasteiger partial charge in [-0.2, -0.15) is 5.26 Å². The quantitative estimate of drug-likeness (QED) is 0.548. The molecule has 1 saturated carbocycles. The second-order valence-corrected chi connectivity index (χ2v) is 3.53. The van der Waals surface area contributed by atoms with E-state index >= 15 is 0 Å². The highest BCUT2D eigenvalue weighted by Crippen LogP contribution is 2.34. The van der Waals surface area contributed by atoms with Crippen molar-refractivity contribution in [2.24, 2.45) is 5.92 Å². The molecule has 0 aliphatic heterocycles. The predicted octanol–water partition coefficient (Wildman–Crippen LogP) is 2.28. The van der Waals surface area contributed by atoms with Crippen LogP contribution in [0.25, 0.3) is 0 Å². The van der Waals surface area contributed by atoms with Crippen molar-refractivity contribution < 1.29 is 9.90 Å². The van der Waals surface area contributed by atoms with Gasteiger partial charge in [0.1, 0.15) is 6.07 Å². The smallest absolute Gasteiger partial charge is 0.347 e. The lowest BCUT2D eigenvalue weighted by Gasteiger charge is -2.07. The monoisotopic (exact) mass is 199 g/mol. The number of nitrogens with zero attached hydrogens (tertiary/aromatic N) is 1. The Kier molecular flexibility index (Phi) is 3.32. The van der Waals surface area contributed by atoms with E-state index in [0.29, 0.717) is 0 Å². The lowest BCUT2D eigenvalue weighted by atomic mass is 10.0. The first kappa shape index (κ1) is 10.1. The summed E-state index contributed by atoms with van der Waals surface area (Å²) in [4.78, 5) is 10.6. The fourth-order valence-corrected chi connectivity index (χ4v) is 1.93. The number of nitriles is 1. The molecule has 1 fully saturated rings. The van der Waals surface area contributed by atoms with Crippen LogP contribution >= 0.6 is 11.6 Å². The van der Waals surface area contributed by atoms with Gasteiger partial charge in [-0.05, 0) is 18.8 Å². The zero-order chi connectivity index (χ0) is 9.84. The normalized spacial score (nSPS) is 19.4. The summed E-state index contributed by atoms with van der Waals surface area (Å²) in [5, 5.41) is 17.4. The number of rotatable bonds is 2. The zero-order valence-electron chi connectivity index (χ0n) is 7.09. The lowest BCUT2D eigenvalue weighted by molar-refractivity contribution is -0.132. The van der Waals surface area contributed by atoms with E-state index in [4.69, 9.17) is 22.0 Å². The Bertz CT molecular complexity index is 284. The summed E-state index contributed by atoms with van der Waals surface area (Å²) in [7, 11) is 0. The van der Waals surface area contributed by atoms with Crippen LogP contribution in [-0.4, -0.2) is 11.1 Å². The van der Waals surface area contributed by atoms with Gasteiger partial charge in [0.2, 0.25) is 0 Å². The van der Waals surface area contributed by atoms with Crippen LogP contribution in [0.5, 0.6) is 0 Å². The molecule has 0 heterocycles. The van der Waals surface area contributed by atoms with Crippen LogP contribution in [0.1, 0.15) is 25.7 Å². The van der Waals surface area contributed by atoms with Crippen LogP contribution in [0, 0.1) is 17.2 Å². The van der Waals surface area contributed by atoms with Crippen molar-refractivity contribution in [3.8, 4) is 6.07 Å². The molecule has 4 heteroatoms. The number of aliphatic carboxylic acids is 1. The maximum atomic E-state index is 10.6. The molecule has 0 aromatic rings. The number of allylic oxidation sites excluding steroid dienone is 1. The molecule has 0 atom stereocenters. The minimum Gasteiger partial charge on any atom is -0.477 e. The molecular formula is C9H10ClNO2. The number of hydrogen-bond donors (Lipinski definition) is 1. The first-order valence-corrected chi connectivity index (χ1v) is 4.57. The summed E-state index contributed by atoms with van der Waals surface area (Å²) in [5.74, 6) is -1.13. The van der Waals surface area contributed by atoms with Crippen LogP contribution in [0.3, 0.4) is 0 Å². The van der Waals surface area contributed by atoms with Crippen LogP contribution in [-0.2, 0) is 4.79 Å². The fraction of sp³-hybridized carbons (Fsp3) is 0.556. The van der Waals surface area contributed by atoms with Crippen LogP contribution in [0.15, 0.2) is 10.6 Å². The van der Waals surface area contributed by atoms with Gasteiger partial charge in [-0.1, -0.05) is 24.4 Å². The van der Waals surface area contributed by atoms with E-state index in [1.165, 1.54) is 0 Å². The van der Waals surface area contributed by atoms with Crippen molar-refractivity contribution in [3.05, 3.63) is 10.6 Å². The second-order valence-electron chi connectivity index (χ2n) is 3.12. The molecule has 3 nitrogen and oxygen atoms in total. The number of carboxylic acid groups (broad SMARTS) is 1. The Morgan fingerprint density at radius 1 is 1.46 bits per heavy atom. The third kappa shape index (κ3) is 2.22. The molecule has 13 heavy (non-hydrogen) atoms. The third-order valence-corrected chi connectivity index (χ3v) is 2.78. The van der Waals surface area contributed by atoms with Crippen molar-refractivity contribution in [2.75, 3.05) is 0 Å². The van der Waals surface area contributed by atoms with Crippen molar-refractivity contribution >= 4 is 17.6 Å². The van der Waals surface area contributed by atoms with Crippen molar-refractivity contribution in [3.63, 3.8) is 0 Å². The van der Waals surface area contributed by atoms with E-state index < -0.39 is 5.97 Å². The zero-order valence-corrected chi connectivity index (χ0v) is 7.84. The molecule has 0 bridgehead atoms. The van der Waals surface area contributed by atoms with E-state index in [1.807, 2.05) is 0 Å². The Balaban J connectivity index is 2.87. The minimum atomic E-state index is -1.22. The van der Waals surface area contributed by atoms with E-state index in [1.54, 1.807) is 6.07 Å². The first-order chi connectivity index (χ1) is 6.16. The van der Waals surface area contributed by atoms with Gasteiger partial charge in [0.15, 0.2) is 5.57 Å². The van der Waals surface area contributed by atoms with Gasteiger partial charge in [0.05, 0.1) is 0 Å². The van der Waals surface area contributed by atoms with E-state index in [0.717, 1.165) is 25.7 Å². The Morgan fingerprint density at radius 3 is 2.38 bits per heavy atom. The average molecular weight is 200 g/mol. The molecule has 0 saturated heterocycles. The number of halogens is 1. The topological polar surface area (TPSA) is 61.1 Å². The van der Waals surface area contributed by atoms with Gasteiger partial charge in [-0.25, -0.2) is 4.79 Å². The van der Waals surface area contributed by atoms with Gasteiger partial charge < -0.3 is 5.11 Å². The molecular weight excluding hydrogens is 190 g/mol. The van der Waals surface area contributed by atoms with E-state index in [9.17, 15) is 4.79 Å². The highest BCUT2D eigenvalue weighted by molar-refractivity contribution is 6.32. The molecule has 0 aromatic heterocycles. The summed E-state index contributed by atoms with van der Waals surface area (Å²) in [6.07, 6.45) is 3.94. The van der Waals surface area contributed by atoms with Gasteiger partial charge in [0, 0.05) is 5.03 Å². The number of carbonyl (C=O) groups is 1. The van der Waals surface area contributed by atoms with Gasteiger partial charge in [0.25, 0.3) is 0 Å². The van der Waals surface area contributed by atoms with Crippen LogP contribution < -0.4 is 0 Å². The number of hydrogen-bond acceptors (Lipinski definition) is 2. The molecule has 0 spiro atoms. The standard InChI is InChI=1S/C9H10ClNO2/c10-8(6-3-1-2-4-6)7(5-11)9(12)13/h6H,1-4H2,(H,12,13). The molecule has 1 rings (SSSR count). The molecule has 0 amide bonds. The van der Waals surface area contributed by atoms with Crippen molar-refractivity contribution in [2.45, 2.75) is 25.7 Å². The molecule has 70 valence electrons. The largest absolute Gasteiger partial charge is 0.477 e. The third-order valence-electron chi connectivity index (χ3n) is 2.28. The van der Waals surface area contributed by atoms with Crippen LogP contribution in [0.4, 0.5) is 0 Å².